The van der Waals surface area contributed by atoms with Gasteiger partial charge < -0.3 is 5.32 Å². The number of piperazine rings is 1. The molecule has 1 N–H and O–H groups in total. The SMILES string of the molecule is CCc1cc(CN2CC(C)NCC2C(C)CC)n(C)n1. The Labute approximate surface area is 123 Å². The van der Waals surface area contributed by atoms with Crippen LogP contribution in [-0.4, -0.2) is 39.9 Å². The third-order valence-corrected chi connectivity index (χ3v) is 4.71. The molecule has 114 valence electrons. The molecule has 0 saturated carbocycles. The van der Waals surface area contributed by atoms with Gasteiger partial charge in [-0.3, -0.25) is 9.58 Å². The van der Waals surface area contributed by atoms with E-state index in [1.807, 2.05) is 0 Å². The van der Waals surface area contributed by atoms with Crippen molar-refractivity contribution in [1.82, 2.24) is 20.0 Å². The quantitative estimate of drug-likeness (QED) is 0.896. The van der Waals surface area contributed by atoms with Gasteiger partial charge in [-0.05, 0) is 25.3 Å². The lowest BCUT2D eigenvalue weighted by atomic mass is 9.94. The third kappa shape index (κ3) is 3.41. The van der Waals surface area contributed by atoms with Crippen molar-refractivity contribution in [1.29, 1.82) is 0 Å². The largest absolute Gasteiger partial charge is 0.311 e. The van der Waals surface area contributed by atoms with Crippen LogP contribution in [0.25, 0.3) is 0 Å². The summed E-state index contributed by atoms with van der Waals surface area (Å²) in [5, 5.41) is 8.21. The zero-order valence-electron chi connectivity index (χ0n) is 13.7. The fraction of sp³-hybridized carbons (Fsp3) is 0.812. The summed E-state index contributed by atoms with van der Waals surface area (Å²) in [6.45, 7) is 12.4. The maximum atomic E-state index is 4.58. The van der Waals surface area contributed by atoms with Gasteiger partial charge in [0, 0.05) is 38.8 Å². The zero-order valence-corrected chi connectivity index (χ0v) is 13.7. The monoisotopic (exact) mass is 278 g/mol. The zero-order chi connectivity index (χ0) is 14.7. The van der Waals surface area contributed by atoms with Crippen LogP contribution < -0.4 is 5.32 Å². The second kappa shape index (κ2) is 6.72. The molecule has 20 heavy (non-hydrogen) atoms. The Morgan fingerprint density at radius 3 is 2.80 bits per heavy atom. The Hall–Kier alpha value is -0.870. The van der Waals surface area contributed by atoms with Gasteiger partial charge in [-0.15, -0.1) is 0 Å². The molecule has 3 unspecified atom stereocenters. The van der Waals surface area contributed by atoms with Crippen molar-refractivity contribution < 1.29 is 0 Å². The predicted octanol–water partition coefficient (Wildman–Crippen LogP) is 2.19. The molecule has 4 heteroatoms. The van der Waals surface area contributed by atoms with Crippen LogP contribution in [0.3, 0.4) is 0 Å². The number of aryl methyl sites for hydroxylation is 2. The minimum Gasteiger partial charge on any atom is -0.311 e. The second-order valence-corrected chi connectivity index (χ2v) is 6.30. The number of nitrogens with one attached hydrogen (secondary N) is 1. The Morgan fingerprint density at radius 2 is 2.20 bits per heavy atom. The van der Waals surface area contributed by atoms with Crippen molar-refractivity contribution in [2.24, 2.45) is 13.0 Å². The third-order valence-electron chi connectivity index (χ3n) is 4.71. The molecule has 0 bridgehead atoms. The lowest BCUT2D eigenvalue weighted by Crippen LogP contribution is -2.57. The predicted molar refractivity (Wildman–Crippen MR) is 83.7 cm³/mol. The number of aromatic nitrogens is 2. The molecule has 1 fully saturated rings. The minimum absolute atomic E-state index is 0.578. The van der Waals surface area contributed by atoms with Gasteiger partial charge in [-0.1, -0.05) is 27.2 Å². The normalized spacial score (nSPS) is 25.9. The molecule has 0 amide bonds. The van der Waals surface area contributed by atoms with Gasteiger partial charge >= 0.3 is 0 Å². The van der Waals surface area contributed by atoms with Crippen LogP contribution in [0.15, 0.2) is 6.07 Å². The molecular weight excluding hydrogens is 248 g/mol. The highest BCUT2D eigenvalue weighted by atomic mass is 15.3. The average molecular weight is 278 g/mol. The topological polar surface area (TPSA) is 33.1 Å². The van der Waals surface area contributed by atoms with E-state index in [1.54, 1.807) is 0 Å². The van der Waals surface area contributed by atoms with Crippen LogP contribution in [0.1, 0.15) is 45.5 Å². The Balaban J connectivity index is 2.12. The molecule has 1 aliphatic heterocycles. The minimum atomic E-state index is 0.578. The number of nitrogens with zero attached hydrogens (tertiary/aromatic N) is 3. The van der Waals surface area contributed by atoms with Gasteiger partial charge in [0.25, 0.3) is 0 Å². The molecular formula is C16H30N4. The molecule has 1 aromatic heterocycles. The Morgan fingerprint density at radius 1 is 1.45 bits per heavy atom. The molecule has 0 radical (unpaired) electrons. The van der Waals surface area contributed by atoms with E-state index >= 15 is 0 Å². The molecule has 1 aromatic rings. The van der Waals surface area contributed by atoms with Gasteiger partial charge in [-0.2, -0.15) is 5.10 Å². The van der Waals surface area contributed by atoms with Crippen molar-refractivity contribution in [3.8, 4) is 0 Å². The molecule has 3 atom stereocenters. The van der Waals surface area contributed by atoms with E-state index < -0.39 is 0 Å². The standard InChI is InChI=1S/C16H30N4/c1-6-12(3)16-9-17-13(4)10-20(16)11-15-8-14(7-2)18-19(15)5/h8,12-13,16-17H,6-7,9-11H2,1-5H3. The molecule has 2 heterocycles. The van der Waals surface area contributed by atoms with E-state index in [9.17, 15) is 0 Å². The number of hydrogen-bond donors (Lipinski definition) is 1. The van der Waals surface area contributed by atoms with E-state index in [0.717, 1.165) is 32.0 Å². The highest BCUT2D eigenvalue weighted by Crippen LogP contribution is 2.20. The number of rotatable bonds is 5. The number of hydrogen-bond acceptors (Lipinski definition) is 3. The summed E-state index contributed by atoms with van der Waals surface area (Å²) in [7, 11) is 2.07. The maximum absolute atomic E-state index is 4.58. The summed E-state index contributed by atoms with van der Waals surface area (Å²) in [5.41, 5.74) is 2.54. The summed E-state index contributed by atoms with van der Waals surface area (Å²) in [6.07, 6.45) is 2.25. The molecule has 0 aliphatic carbocycles. The summed E-state index contributed by atoms with van der Waals surface area (Å²) in [4.78, 5) is 2.64. The summed E-state index contributed by atoms with van der Waals surface area (Å²) >= 11 is 0. The van der Waals surface area contributed by atoms with Gasteiger partial charge in [0.05, 0.1) is 11.4 Å². The fourth-order valence-corrected chi connectivity index (χ4v) is 3.12. The van der Waals surface area contributed by atoms with E-state index in [0.29, 0.717) is 12.1 Å². The van der Waals surface area contributed by atoms with Crippen LogP contribution in [0.2, 0.25) is 0 Å². The molecule has 2 rings (SSSR count). The van der Waals surface area contributed by atoms with E-state index in [-0.39, 0.29) is 0 Å². The lowest BCUT2D eigenvalue weighted by molar-refractivity contribution is 0.0861. The van der Waals surface area contributed by atoms with Crippen LogP contribution in [0.5, 0.6) is 0 Å². The van der Waals surface area contributed by atoms with E-state index in [4.69, 9.17) is 0 Å². The summed E-state index contributed by atoms with van der Waals surface area (Å²) in [6, 6.07) is 3.48. The molecule has 1 aliphatic rings. The highest BCUT2D eigenvalue weighted by molar-refractivity contribution is 5.10. The second-order valence-electron chi connectivity index (χ2n) is 6.30. The first-order valence-corrected chi connectivity index (χ1v) is 8.04. The smallest absolute Gasteiger partial charge is 0.0625 e. The van der Waals surface area contributed by atoms with Crippen molar-refractivity contribution in [3.63, 3.8) is 0 Å². The van der Waals surface area contributed by atoms with Crippen LogP contribution in [0, 0.1) is 5.92 Å². The lowest BCUT2D eigenvalue weighted by Gasteiger charge is -2.42. The Kier molecular flexibility index (Phi) is 5.22. The molecule has 0 aromatic carbocycles. The van der Waals surface area contributed by atoms with Crippen molar-refractivity contribution in [3.05, 3.63) is 17.5 Å². The van der Waals surface area contributed by atoms with E-state index in [2.05, 4.69) is 60.8 Å². The molecule has 4 nitrogen and oxygen atoms in total. The fourth-order valence-electron chi connectivity index (χ4n) is 3.12. The highest BCUT2D eigenvalue weighted by Gasteiger charge is 2.29. The Bertz CT molecular complexity index is 426. The van der Waals surface area contributed by atoms with Gasteiger partial charge in [0.15, 0.2) is 0 Å². The van der Waals surface area contributed by atoms with Crippen LogP contribution >= 0.6 is 0 Å². The summed E-state index contributed by atoms with van der Waals surface area (Å²) in [5.74, 6) is 0.730. The first-order chi connectivity index (χ1) is 9.55. The van der Waals surface area contributed by atoms with Crippen molar-refractivity contribution >= 4 is 0 Å². The van der Waals surface area contributed by atoms with Crippen LogP contribution in [-0.2, 0) is 20.0 Å². The molecule has 1 saturated heterocycles. The molecule has 0 spiro atoms. The first-order valence-electron chi connectivity index (χ1n) is 8.04. The van der Waals surface area contributed by atoms with Gasteiger partial charge in [0.2, 0.25) is 0 Å². The average Bonchev–Trinajstić information content (AvgIpc) is 2.79. The summed E-state index contributed by atoms with van der Waals surface area (Å²) < 4.78 is 2.05. The van der Waals surface area contributed by atoms with Crippen LogP contribution in [0.4, 0.5) is 0 Å². The van der Waals surface area contributed by atoms with E-state index in [1.165, 1.54) is 17.8 Å². The first kappa shape index (κ1) is 15.5. The van der Waals surface area contributed by atoms with Crippen molar-refractivity contribution in [2.75, 3.05) is 13.1 Å². The maximum Gasteiger partial charge on any atom is 0.0625 e. The van der Waals surface area contributed by atoms with Gasteiger partial charge in [-0.25, -0.2) is 0 Å². The van der Waals surface area contributed by atoms with Crippen molar-refractivity contribution in [2.45, 2.75) is 59.2 Å². The van der Waals surface area contributed by atoms with Gasteiger partial charge in [0.1, 0.15) is 0 Å².